The van der Waals surface area contributed by atoms with Crippen molar-refractivity contribution in [2.45, 2.75) is 50.0 Å². The van der Waals surface area contributed by atoms with E-state index in [1.54, 1.807) is 6.92 Å². The Kier molecular flexibility index (Phi) is 6.08. The average Bonchev–Trinajstić information content (AvgIpc) is 2.53. The summed E-state index contributed by atoms with van der Waals surface area (Å²) in [4.78, 5) is 24.7. The molecule has 0 aromatic heterocycles. The van der Waals surface area contributed by atoms with Crippen LogP contribution in [0.15, 0.2) is 23.1 Å². The quantitative estimate of drug-likeness (QED) is 0.754. The molecule has 0 spiro atoms. The summed E-state index contributed by atoms with van der Waals surface area (Å²) in [6, 6.07) is 4.00. The van der Waals surface area contributed by atoms with Crippen LogP contribution in [0.4, 0.5) is 5.69 Å². The Balaban J connectivity index is 2.34. The van der Waals surface area contributed by atoms with Crippen molar-refractivity contribution < 1.29 is 22.7 Å². The molecule has 2 unspecified atom stereocenters. The minimum absolute atomic E-state index is 0.0579. The normalized spacial score (nSPS) is 23.3. The van der Waals surface area contributed by atoms with Crippen molar-refractivity contribution in [2.75, 3.05) is 18.2 Å². The Morgan fingerprint density at radius 3 is 2.58 bits per heavy atom. The van der Waals surface area contributed by atoms with Crippen LogP contribution in [0.2, 0.25) is 0 Å². The van der Waals surface area contributed by atoms with Crippen molar-refractivity contribution >= 4 is 27.4 Å². The number of ether oxygens (including phenoxy) is 1. The molecule has 0 bridgehead atoms. The topological polar surface area (TPSA) is 116 Å². The third-order valence-corrected chi connectivity index (χ3v) is 5.78. The first-order valence-corrected chi connectivity index (χ1v) is 10.6. The van der Waals surface area contributed by atoms with E-state index in [1.807, 2.05) is 6.92 Å². The van der Waals surface area contributed by atoms with Gasteiger partial charge in [0.05, 0.1) is 23.0 Å². The fourth-order valence-electron chi connectivity index (χ4n) is 3.24. The fraction of sp³-hybridized carbons (Fsp3) is 0.556. The first kappa shape index (κ1) is 20.4. The minimum Gasteiger partial charge on any atom is -0.462 e. The van der Waals surface area contributed by atoms with Gasteiger partial charge in [-0.2, -0.15) is 0 Å². The van der Waals surface area contributed by atoms with Crippen molar-refractivity contribution in [3.8, 4) is 0 Å². The molecule has 144 valence electrons. The second-order valence-electron chi connectivity index (χ2n) is 7.03. The number of sulfone groups is 1. The van der Waals surface area contributed by atoms with E-state index in [1.165, 1.54) is 18.2 Å². The second-order valence-corrected chi connectivity index (χ2v) is 9.05. The van der Waals surface area contributed by atoms with Crippen LogP contribution in [0.1, 0.15) is 49.9 Å². The van der Waals surface area contributed by atoms with Crippen LogP contribution >= 0.6 is 0 Å². The van der Waals surface area contributed by atoms with Gasteiger partial charge in [0.2, 0.25) is 5.91 Å². The van der Waals surface area contributed by atoms with E-state index in [9.17, 15) is 18.0 Å². The molecule has 1 saturated carbocycles. The van der Waals surface area contributed by atoms with E-state index in [0.717, 1.165) is 25.5 Å². The maximum atomic E-state index is 12.7. The molecule has 1 aliphatic rings. The van der Waals surface area contributed by atoms with Gasteiger partial charge < -0.3 is 15.8 Å². The zero-order valence-electron chi connectivity index (χ0n) is 15.4. The molecule has 3 N–H and O–H groups in total. The highest BCUT2D eigenvalue weighted by atomic mass is 32.2. The molecule has 2 atom stereocenters. The number of amides is 1. The Morgan fingerprint density at radius 1 is 1.31 bits per heavy atom. The number of rotatable bonds is 5. The highest BCUT2D eigenvalue weighted by molar-refractivity contribution is 7.90. The summed E-state index contributed by atoms with van der Waals surface area (Å²) in [5, 5.41) is 2.73. The number of carbonyl (C=O) groups is 2. The number of esters is 1. The predicted octanol–water partition coefficient (Wildman–Crippen LogP) is 2.11. The van der Waals surface area contributed by atoms with Gasteiger partial charge in [-0.25, -0.2) is 13.2 Å². The van der Waals surface area contributed by atoms with E-state index < -0.39 is 21.3 Å². The van der Waals surface area contributed by atoms with Crippen molar-refractivity contribution in [3.63, 3.8) is 0 Å². The van der Waals surface area contributed by atoms with Gasteiger partial charge in [-0.05, 0) is 44.9 Å². The van der Waals surface area contributed by atoms with Crippen LogP contribution in [-0.4, -0.2) is 38.7 Å². The fourth-order valence-corrected chi connectivity index (χ4v) is 3.92. The monoisotopic (exact) mass is 382 g/mol. The molecule has 1 aromatic rings. The molecule has 1 aliphatic carbocycles. The molecule has 7 nitrogen and oxygen atoms in total. The van der Waals surface area contributed by atoms with E-state index in [4.69, 9.17) is 10.5 Å². The maximum absolute atomic E-state index is 12.7. The zero-order chi connectivity index (χ0) is 19.5. The minimum atomic E-state index is -3.56. The Labute approximate surface area is 154 Å². The molecule has 1 amide bonds. The summed E-state index contributed by atoms with van der Waals surface area (Å²) >= 11 is 0. The summed E-state index contributed by atoms with van der Waals surface area (Å²) in [6.07, 6.45) is 4.37. The predicted molar refractivity (Wildman–Crippen MR) is 98.7 cm³/mol. The number of hydrogen-bond acceptors (Lipinski definition) is 6. The number of benzene rings is 1. The lowest BCUT2D eigenvalue weighted by atomic mass is 9.74. The van der Waals surface area contributed by atoms with Crippen LogP contribution in [-0.2, 0) is 19.4 Å². The number of carbonyl (C=O) groups excluding carboxylic acids is 2. The lowest BCUT2D eigenvalue weighted by molar-refractivity contribution is -0.122. The van der Waals surface area contributed by atoms with Gasteiger partial charge in [0.25, 0.3) is 0 Å². The smallest absolute Gasteiger partial charge is 0.338 e. The molecular weight excluding hydrogens is 356 g/mol. The summed E-state index contributed by atoms with van der Waals surface area (Å²) < 4.78 is 28.8. The average molecular weight is 382 g/mol. The Bertz CT molecular complexity index is 802. The Morgan fingerprint density at radius 2 is 2.00 bits per heavy atom. The molecule has 1 fully saturated rings. The lowest BCUT2D eigenvalue weighted by Crippen LogP contribution is -2.51. The summed E-state index contributed by atoms with van der Waals surface area (Å²) in [6.45, 7) is 3.68. The van der Waals surface area contributed by atoms with Crippen molar-refractivity contribution in [1.29, 1.82) is 0 Å². The van der Waals surface area contributed by atoms with Crippen molar-refractivity contribution in [3.05, 3.63) is 23.8 Å². The van der Waals surface area contributed by atoms with Crippen LogP contribution < -0.4 is 11.1 Å². The van der Waals surface area contributed by atoms with E-state index in [2.05, 4.69) is 5.32 Å². The summed E-state index contributed by atoms with van der Waals surface area (Å²) in [7, 11) is -3.56. The number of anilines is 1. The molecule has 0 aliphatic heterocycles. The molecule has 0 saturated heterocycles. The lowest BCUT2D eigenvalue weighted by Gasteiger charge is -2.37. The highest BCUT2D eigenvalue weighted by Gasteiger charge is 2.37. The van der Waals surface area contributed by atoms with E-state index >= 15 is 0 Å². The van der Waals surface area contributed by atoms with E-state index in [-0.39, 0.29) is 34.6 Å². The zero-order valence-corrected chi connectivity index (χ0v) is 16.2. The number of nitrogens with one attached hydrogen (secondary N) is 1. The molecule has 0 radical (unpaired) electrons. The van der Waals surface area contributed by atoms with Crippen LogP contribution in [0.25, 0.3) is 0 Å². The largest absolute Gasteiger partial charge is 0.462 e. The standard InChI is InChI=1S/C18H26N2O5S/c1-4-25-17(22)12-9-13(11-14(10-12)26(3,23)24)20-16(21)15-7-5-6-8-18(15,2)19/h9-11,15H,4-8,19H2,1-3H3,(H,20,21). The van der Waals surface area contributed by atoms with Gasteiger partial charge in [-0.3, -0.25) is 4.79 Å². The van der Waals surface area contributed by atoms with Crippen LogP contribution in [0.5, 0.6) is 0 Å². The molecule has 0 heterocycles. The maximum Gasteiger partial charge on any atom is 0.338 e. The van der Waals surface area contributed by atoms with Gasteiger partial charge >= 0.3 is 5.97 Å². The third-order valence-electron chi connectivity index (χ3n) is 4.68. The number of hydrogen-bond donors (Lipinski definition) is 2. The van der Waals surface area contributed by atoms with Gasteiger partial charge in [-0.15, -0.1) is 0 Å². The number of nitrogens with two attached hydrogens (primary N) is 1. The molecular formula is C18H26N2O5S. The Hall–Kier alpha value is -1.93. The summed E-state index contributed by atoms with van der Waals surface area (Å²) in [5.41, 5.74) is 5.96. The molecule has 1 aromatic carbocycles. The van der Waals surface area contributed by atoms with E-state index in [0.29, 0.717) is 6.42 Å². The second kappa shape index (κ2) is 7.75. The highest BCUT2D eigenvalue weighted by Crippen LogP contribution is 2.32. The van der Waals surface area contributed by atoms with Crippen molar-refractivity contribution in [2.24, 2.45) is 11.7 Å². The summed E-state index contributed by atoms with van der Waals surface area (Å²) in [5.74, 6) is -1.28. The van der Waals surface area contributed by atoms with Crippen LogP contribution in [0.3, 0.4) is 0 Å². The first-order chi connectivity index (χ1) is 12.0. The molecule has 2 rings (SSSR count). The van der Waals surface area contributed by atoms with Crippen molar-refractivity contribution in [1.82, 2.24) is 0 Å². The SMILES string of the molecule is CCOC(=O)c1cc(NC(=O)C2CCCCC2(C)N)cc(S(C)(=O)=O)c1. The molecule has 26 heavy (non-hydrogen) atoms. The van der Waals surface area contributed by atoms with Gasteiger partial charge in [0, 0.05) is 17.5 Å². The first-order valence-electron chi connectivity index (χ1n) is 8.66. The van der Waals surface area contributed by atoms with Gasteiger partial charge in [0.1, 0.15) is 0 Å². The van der Waals surface area contributed by atoms with Gasteiger partial charge in [-0.1, -0.05) is 12.8 Å². The third kappa shape index (κ3) is 4.82. The van der Waals surface area contributed by atoms with Gasteiger partial charge in [0.15, 0.2) is 9.84 Å². The molecule has 8 heteroatoms. The van der Waals surface area contributed by atoms with Crippen LogP contribution in [0, 0.1) is 5.92 Å².